The summed E-state index contributed by atoms with van der Waals surface area (Å²) in [5, 5.41) is 11.0. The molecule has 0 unspecified atom stereocenters. The molecule has 0 radical (unpaired) electrons. The zero-order chi connectivity index (χ0) is 24.3. The van der Waals surface area contributed by atoms with Gasteiger partial charge in [-0.2, -0.15) is 0 Å². The van der Waals surface area contributed by atoms with Gasteiger partial charge in [0.25, 0.3) is 0 Å². The smallest absolute Gasteiger partial charge is 0.186 e. The SMILES string of the molecule is CCO[C@@H]1O[C@@H]([C@H](O)COCc2ccccc2)[C@H](OCc2ccccc2)[C@H]1OCc1ccccc1. The van der Waals surface area contributed by atoms with Crippen LogP contribution in [0.15, 0.2) is 91.0 Å². The van der Waals surface area contributed by atoms with Gasteiger partial charge in [-0.15, -0.1) is 0 Å². The van der Waals surface area contributed by atoms with Crippen molar-refractivity contribution in [1.29, 1.82) is 0 Å². The third-order valence-corrected chi connectivity index (χ3v) is 5.89. The molecule has 1 N–H and O–H groups in total. The molecule has 3 aromatic rings. The molecular formula is C29H34O6. The minimum atomic E-state index is -0.909. The van der Waals surface area contributed by atoms with E-state index >= 15 is 0 Å². The highest BCUT2D eigenvalue weighted by molar-refractivity contribution is 5.15. The van der Waals surface area contributed by atoms with Crippen LogP contribution in [0.25, 0.3) is 0 Å². The molecule has 0 aromatic heterocycles. The summed E-state index contributed by atoms with van der Waals surface area (Å²) in [5.41, 5.74) is 3.11. The number of hydrogen-bond donors (Lipinski definition) is 1. The van der Waals surface area contributed by atoms with Crippen molar-refractivity contribution in [3.05, 3.63) is 108 Å². The van der Waals surface area contributed by atoms with E-state index in [9.17, 15) is 5.11 Å². The summed E-state index contributed by atoms with van der Waals surface area (Å²) in [6.45, 7) is 3.63. The summed E-state index contributed by atoms with van der Waals surface area (Å²) in [6.07, 6.45) is -3.27. The number of rotatable bonds is 13. The molecule has 1 aliphatic rings. The van der Waals surface area contributed by atoms with E-state index in [0.29, 0.717) is 26.4 Å². The standard InChI is InChI=1S/C29H34O6/c1-2-32-29-28(34-20-24-16-10-5-11-17-24)27(33-19-23-14-8-4-9-15-23)26(35-29)25(30)21-31-18-22-12-6-3-7-13-22/h3-17,25-30H,2,18-21H2,1H3/t25-,26+,27+,28-,29-/m1/s1. The lowest BCUT2D eigenvalue weighted by Gasteiger charge is -2.26. The Labute approximate surface area is 207 Å². The van der Waals surface area contributed by atoms with Gasteiger partial charge in [-0.3, -0.25) is 0 Å². The number of hydrogen-bond acceptors (Lipinski definition) is 6. The Morgan fingerprint density at radius 3 is 1.69 bits per heavy atom. The first-order valence-electron chi connectivity index (χ1n) is 12.1. The van der Waals surface area contributed by atoms with Crippen molar-refractivity contribution in [3.8, 4) is 0 Å². The average molecular weight is 479 g/mol. The Hall–Kier alpha value is -2.58. The van der Waals surface area contributed by atoms with Gasteiger partial charge in [-0.1, -0.05) is 91.0 Å². The quantitative estimate of drug-likeness (QED) is 0.390. The zero-order valence-electron chi connectivity index (χ0n) is 20.1. The molecule has 3 aromatic carbocycles. The Morgan fingerprint density at radius 2 is 1.17 bits per heavy atom. The van der Waals surface area contributed by atoms with Crippen LogP contribution in [0, 0.1) is 0 Å². The second-order valence-electron chi connectivity index (χ2n) is 8.51. The molecule has 0 saturated carbocycles. The third-order valence-electron chi connectivity index (χ3n) is 5.89. The first-order chi connectivity index (χ1) is 17.2. The van der Waals surface area contributed by atoms with Crippen LogP contribution in [0.4, 0.5) is 0 Å². The van der Waals surface area contributed by atoms with E-state index in [2.05, 4.69) is 0 Å². The van der Waals surface area contributed by atoms with E-state index in [1.165, 1.54) is 0 Å². The maximum atomic E-state index is 11.0. The molecule has 1 saturated heterocycles. The Balaban J connectivity index is 1.45. The molecular weight excluding hydrogens is 444 g/mol. The Kier molecular flexibility index (Phi) is 9.84. The molecule has 0 bridgehead atoms. The van der Waals surface area contributed by atoms with E-state index in [0.717, 1.165) is 16.7 Å². The molecule has 1 heterocycles. The molecule has 0 spiro atoms. The van der Waals surface area contributed by atoms with Gasteiger partial charge in [0, 0.05) is 6.61 Å². The van der Waals surface area contributed by atoms with Crippen molar-refractivity contribution < 1.29 is 28.8 Å². The van der Waals surface area contributed by atoms with Crippen molar-refractivity contribution >= 4 is 0 Å². The largest absolute Gasteiger partial charge is 0.388 e. The highest BCUT2D eigenvalue weighted by atomic mass is 16.7. The Morgan fingerprint density at radius 1 is 0.686 bits per heavy atom. The maximum absolute atomic E-state index is 11.0. The molecule has 6 nitrogen and oxygen atoms in total. The van der Waals surface area contributed by atoms with Crippen molar-refractivity contribution in [2.75, 3.05) is 13.2 Å². The lowest BCUT2D eigenvalue weighted by Crippen LogP contribution is -2.43. The summed E-state index contributed by atoms with van der Waals surface area (Å²) in [5.74, 6) is 0. The van der Waals surface area contributed by atoms with Gasteiger partial charge in [0.15, 0.2) is 6.29 Å². The van der Waals surface area contributed by atoms with Crippen molar-refractivity contribution in [2.45, 2.75) is 57.5 Å². The molecule has 5 atom stereocenters. The second-order valence-corrected chi connectivity index (χ2v) is 8.51. The third kappa shape index (κ3) is 7.45. The molecule has 35 heavy (non-hydrogen) atoms. The van der Waals surface area contributed by atoms with E-state index in [1.54, 1.807) is 0 Å². The highest BCUT2D eigenvalue weighted by Crippen LogP contribution is 2.31. The van der Waals surface area contributed by atoms with Crippen LogP contribution in [0.3, 0.4) is 0 Å². The molecule has 0 aliphatic carbocycles. The summed E-state index contributed by atoms with van der Waals surface area (Å²) < 4.78 is 30.4. The van der Waals surface area contributed by atoms with Gasteiger partial charge in [-0.25, -0.2) is 0 Å². The van der Waals surface area contributed by atoms with Crippen LogP contribution >= 0.6 is 0 Å². The minimum Gasteiger partial charge on any atom is -0.388 e. The van der Waals surface area contributed by atoms with E-state index in [-0.39, 0.29) is 6.61 Å². The monoisotopic (exact) mass is 478 g/mol. The first kappa shape index (κ1) is 25.5. The van der Waals surface area contributed by atoms with Crippen molar-refractivity contribution in [2.24, 2.45) is 0 Å². The summed E-state index contributed by atoms with van der Waals surface area (Å²) >= 11 is 0. The van der Waals surface area contributed by atoms with Crippen LogP contribution in [0.5, 0.6) is 0 Å². The molecule has 6 heteroatoms. The molecule has 0 amide bonds. The van der Waals surface area contributed by atoms with Crippen LogP contribution < -0.4 is 0 Å². The number of ether oxygens (including phenoxy) is 5. The van der Waals surface area contributed by atoms with Gasteiger partial charge in [0.2, 0.25) is 0 Å². The summed E-state index contributed by atoms with van der Waals surface area (Å²) in [7, 11) is 0. The molecule has 186 valence electrons. The van der Waals surface area contributed by atoms with E-state index in [4.69, 9.17) is 23.7 Å². The van der Waals surface area contributed by atoms with Crippen molar-refractivity contribution in [1.82, 2.24) is 0 Å². The highest BCUT2D eigenvalue weighted by Gasteiger charge is 2.49. The lowest BCUT2D eigenvalue weighted by molar-refractivity contribution is -0.189. The maximum Gasteiger partial charge on any atom is 0.186 e. The molecule has 4 rings (SSSR count). The van der Waals surface area contributed by atoms with E-state index < -0.39 is 30.7 Å². The summed E-state index contributed by atoms with van der Waals surface area (Å²) in [6, 6.07) is 29.7. The normalized spacial score (nSPS) is 22.8. The number of benzene rings is 3. The van der Waals surface area contributed by atoms with Crippen LogP contribution in [-0.4, -0.2) is 49.0 Å². The second kappa shape index (κ2) is 13.5. The average Bonchev–Trinajstić information content (AvgIpc) is 3.25. The number of aliphatic hydroxyl groups excluding tert-OH is 1. The predicted octanol–water partition coefficient (Wildman–Crippen LogP) is 4.50. The fourth-order valence-electron chi connectivity index (χ4n) is 4.12. The fourth-order valence-corrected chi connectivity index (χ4v) is 4.12. The summed E-state index contributed by atoms with van der Waals surface area (Å²) in [4.78, 5) is 0. The predicted molar refractivity (Wildman–Crippen MR) is 132 cm³/mol. The fraction of sp³-hybridized carbons (Fsp3) is 0.379. The Bertz CT molecular complexity index is 968. The lowest BCUT2D eigenvalue weighted by atomic mass is 10.1. The van der Waals surface area contributed by atoms with Crippen LogP contribution in [-0.2, 0) is 43.5 Å². The molecule has 1 aliphatic heterocycles. The van der Waals surface area contributed by atoms with Crippen LogP contribution in [0.1, 0.15) is 23.6 Å². The van der Waals surface area contributed by atoms with Gasteiger partial charge >= 0.3 is 0 Å². The van der Waals surface area contributed by atoms with Gasteiger partial charge in [0.05, 0.1) is 26.4 Å². The van der Waals surface area contributed by atoms with Gasteiger partial charge in [0.1, 0.15) is 24.4 Å². The van der Waals surface area contributed by atoms with E-state index in [1.807, 2.05) is 97.9 Å². The van der Waals surface area contributed by atoms with Crippen molar-refractivity contribution in [3.63, 3.8) is 0 Å². The van der Waals surface area contributed by atoms with Gasteiger partial charge in [-0.05, 0) is 23.6 Å². The number of aliphatic hydroxyl groups is 1. The minimum absolute atomic E-state index is 0.106. The zero-order valence-corrected chi connectivity index (χ0v) is 20.1. The van der Waals surface area contributed by atoms with Crippen LogP contribution in [0.2, 0.25) is 0 Å². The molecule has 1 fully saturated rings. The first-order valence-corrected chi connectivity index (χ1v) is 12.1. The van der Waals surface area contributed by atoms with Gasteiger partial charge < -0.3 is 28.8 Å². The topological polar surface area (TPSA) is 66.4 Å².